The van der Waals surface area contributed by atoms with E-state index in [2.05, 4.69) is 4.98 Å². The maximum atomic E-state index is 11.5. The van der Waals surface area contributed by atoms with Gasteiger partial charge in [-0.05, 0) is 17.7 Å². The number of carbonyl (C=O) groups is 1. The Hall–Kier alpha value is -1.46. The Labute approximate surface area is 88.5 Å². The maximum Gasteiger partial charge on any atom is 0.252 e. The molecule has 1 aromatic rings. The van der Waals surface area contributed by atoms with Gasteiger partial charge < -0.3 is 15.7 Å². The summed E-state index contributed by atoms with van der Waals surface area (Å²) in [5.74, 6) is -0.366. The first-order valence-electron chi connectivity index (χ1n) is 4.67. The zero-order chi connectivity index (χ0) is 11.3. The molecule has 0 aliphatic carbocycles. The Kier molecular flexibility index (Phi) is 4.20. The molecule has 82 valence electrons. The van der Waals surface area contributed by atoms with Crippen LogP contribution >= 0.6 is 0 Å². The number of nitrogens with two attached hydrogens (primary N) is 1. The topological polar surface area (TPSA) is 79.5 Å². The van der Waals surface area contributed by atoms with E-state index in [0.29, 0.717) is 6.54 Å². The van der Waals surface area contributed by atoms with Gasteiger partial charge in [0.25, 0.3) is 5.91 Å². The summed E-state index contributed by atoms with van der Waals surface area (Å²) in [5.41, 5.74) is 6.16. The number of carbonyl (C=O) groups excluding carboxylic acids is 1. The third kappa shape index (κ3) is 3.30. The van der Waals surface area contributed by atoms with Crippen molar-refractivity contribution in [2.75, 3.05) is 13.6 Å². The Balaban J connectivity index is 2.56. The summed E-state index contributed by atoms with van der Waals surface area (Å²) in [5, 5.41) is 9.25. The molecule has 3 N–H and O–H groups in total. The number of likely N-dealkylation sites (N-methyl/N-ethyl adjacent to an activating group) is 1. The van der Waals surface area contributed by atoms with Crippen LogP contribution in [0.3, 0.4) is 0 Å². The van der Waals surface area contributed by atoms with Crippen LogP contribution < -0.4 is 5.73 Å². The Bertz CT molecular complexity index is 316. The first-order valence-corrected chi connectivity index (χ1v) is 4.67. The minimum Gasteiger partial charge on any atom is -0.382 e. The van der Waals surface area contributed by atoms with E-state index in [9.17, 15) is 9.90 Å². The number of nitrogens with zero attached hydrogens (tertiary/aromatic N) is 2. The van der Waals surface area contributed by atoms with Crippen LogP contribution in [0.1, 0.15) is 5.56 Å². The van der Waals surface area contributed by atoms with Gasteiger partial charge in [0, 0.05) is 32.5 Å². The van der Waals surface area contributed by atoms with Crippen molar-refractivity contribution in [2.45, 2.75) is 12.6 Å². The monoisotopic (exact) mass is 209 g/mol. The van der Waals surface area contributed by atoms with Gasteiger partial charge in [0.1, 0.15) is 6.10 Å². The Morgan fingerprint density at radius 2 is 2.20 bits per heavy atom. The van der Waals surface area contributed by atoms with E-state index in [1.165, 1.54) is 4.90 Å². The van der Waals surface area contributed by atoms with Crippen LogP contribution in [0, 0.1) is 0 Å². The lowest BCUT2D eigenvalue weighted by atomic mass is 10.2. The lowest BCUT2D eigenvalue weighted by Gasteiger charge is -2.19. The number of aliphatic hydroxyl groups excluding tert-OH is 1. The molecule has 0 radical (unpaired) electrons. The minimum absolute atomic E-state index is 0.0560. The molecule has 0 aromatic carbocycles. The van der Waals surface area contributed by atoms with Crippen molar-refractivity contribution < 1.29 is 9.90 Å². The second-order valence-electron chi connectivity index (χ2n) is 3.30. The van der Waals surface area contributed by atoms with Crippen LogP contribution in [0.4, 0.5) is 0 Å². The Morgan fingerprint density at radius 1 is 1.60 bits per heavy atom. The second-order valence-corrected chi connectivity index (χ2v) is 3.30. The fourth-order valence-corrected chi connectivity index (χ4v) is 1.20. The molecular formula is C10H15N3O2. The molecule has 1 heterocycles. The molecule has 0 fully saturated rings. The number of rotatable bonds is 4. The molecule has 0 bridgehead atoms. The van der Waals surface area contributed by atoms with Gasteiger partial charge in [-0.15, -0.1) is 0 Å². The largest absolute Gasteiger partial charge is 0.382 e. The molecule has 1 unspecified atom stereocenters. The minimum atomic E-state index is -1.11. The highest BCUT2D eigenvalue weighted by Gasteiger charge is 2.17. The SMILES string of the molecule is CN(Cc1ccncc1)C(=O)C(O)CN. The molecule has 0 saturated heterocycles. The van der Waals surface area contributed by atoms with Crippen molar-refractivity contribution in [2.24, 2.45) is 5.73 Å². The average molecular weight is 209 g/mol. The average Bonchev–Trinajstić information content (AvgIpc) is 2.28. The molecule has 0 spiro atoms. The van der Waals surface area contributed by atoms with Gasteiger partial charge in [0.15, 0.2) is 0 Å². The van der Waals surface area contributed by atoms with Gasteiger partial charge in [-0.3, -0.25) is 9.78 Å². The van der Waals surface area contributed by atoms with Crippen LogP contribution in [0.5, 0.6) is 0 Å². The van der Waals surface area contributed by atoms with Crippen LogP contribution in [0.25, 0.3) is 0 Å². The quantitative estimate of drug-likeness (QED) is 0.691. The predicted molar refractivity (Wildman–Crippen MR) is 55.8 cm³/mol. The van der Waals surface area contributed by atoms with Gasteiger partial charge in [0.05, 0.1) is 0 Å². The van der Waals surface area contributed by atoms with Crippen molar-refractivity contribution in [3.63, 3.8) is 0 Å². The van der Waals surface area contributed by atoms with E-state index in [4.69, 9.17) is 5.73 Å². The molecule has 0 saturated carbocycles. The van der Waals surface area contributed by atoms with E-state index < -0.39 is 6.10 Å². The Morgan fingerprint density at radius 3 is 2.73 bits per heavy atom. The maximum absolute atomic E-state index is 11.5. The highest BCUT2D eigenvalue weighted by molar-refractivity contribution is 5.80. The van der Waals surface area contributed by atoms with Crippen LogP contribution in [0.15, 0.2) is 24.5 Å². The molecule has 0 aliphatic heterocycles. The van der Waals surface area contributed by atoms with Crippen molar-refractivity contribution in [3.8, 4) is 0 Å². The van der Waals surface area contributed by atoms with Gasteiger partial charge in [0.2, 0.25) is 0 Å². The molecule has 1 atom stereocenters. The number of hydrogen-bond acceptors (Lipinski definition) is 4. The van der Waals surface area contributed by atoms with Crippen molar-refractivity contribution in [3.05, 3.63) is 30.1 Å². The first-order chi connectivity index (χ1) is 7.15. The molecule has 1 aromatic heterocycles. The number of aromatic nitrogens is 1. The molecule has 5 nitrogen and oxygen atoms in total. The predicted octanol–water partition coefficient (Wildman–Crippen LogP) is -0.640. The number of amides is 1. The summed E-state index contributed by atoms with van der Waals surface area (Å²) in [7, 11) is 1.63. The van der Waals surface area contributed by atoms with E-state index >= 15 is 0 Å². The summed E-state index contributed by atoms with van der Waals surface area (Å²) in [4.78, 5) is 16.8. The lowest BCUT2D eigenvalue weighted by Crippen LogP contribution is -2.40. The zero-order valence-corrected chi connectivity index (χ0v) is 8.63. The number of pyridine rings is 1. The number of hydrogen-bond donors (Lipinski definition) is 2. The van der Waals surface area contributed by atoms with Gasteiger partial charge in [-0.25, -0.2) is 0 Å². The smallest absolute Gasteiger partial charge is 0.252 e. The van der Waals surface area contributed by atoms with Gasteiger partial charge in [-0.1, -0.05) is 0 Å². The summed E-state index contributed by atoms with van der Waals surface area (Å²) in [6.07, 6.45) is 2.21. The summed E-state index contributed by atoms with van der Waals surface area (Å²) in [6, 6.07) is 3.64. The molecule has 0 aliphatic rings. The third-order valence-electron chi connectivity index (χ3n) is 2.05. The molecular weight excluding hydrogens is 194 g/mol. The number of aliphatic hydroxyl groups is 1. The highest BCUT2D eigenvalue weighted by Crippen LogP contribution is 2.02. The van der Waals surface area contributed by atoms with Gasteiger partial charge >= 0.3 is 0 Å². The van der Waals surface area contributed by atoms with Crippen molar-refractivity contribution in [1.29, 1.82) is 0 Å². The normalized spacial score (nSPS) is 12.2. The lowest BCUT2D eigenvalue weighted by molar-refractivity contribution is -0.138. The molecule has 15 heavy (non-hydrogen) atoms. The van der Waals surface area contributed by atoms with Crippen LogP contribution in [-0.4, -0.2) is 40.6 Å². The van der Waals surface area contributed by atoms with E-state index in [1.54, 1.807) is 19.4 Å². The fourth-order valence-electron chi connectivity index (χ4n) is 1.20. The fraction of sp³-hybridized carbons (Fsp3) is 0.400. The molecule has 5 heteroatoms. The summed E-state index contributed by atoms with van der Waals surface area (Å²) >= 11 is 0. The van der Waals surface area contributed by atoms with Gasteiger partial charge in [-0.2, -0.15) is 0 Å². The summed E-state index contributed by atoms with van der Waals surface area (Å²) < 4.78 is 0. The molecule has 1 rings (SSSR count). The van der Waals surface area contributed by atoms with Crippen molar-refractivity contribution >= 4 is 5.91 Å². The second kappa shape index (κ2) is 5.43. The summed E-state index contributed by atoms with van der Waals surface area (Å²) in [6.45, 7) is 0.387. The van der Waals surface area contributed by atoms with Crippen LogP contribution in [0.2, 0.25) is 0 Å². The highest BCUT2D eigenvalue weighted by atomic mass is 16.3. The van der Waals surface area contributed by atoms with E-state index in [1.807, 2.05) is 12.1 Å². The molecule has 1 amide bonds. The van der Waals surface area contributed by atoms with Crippen molar-refractivity contribution in [1.82, 2.24) is 9.88 Å². The zero-order valence-electron chi connectivity index (χ0n) is 8.63. The van der Waals surface area contributed by atoms with E-state index in [0.717, 1.165) is 5.56 Å². The standard InChI is InChI=1S/C10H15N3O2/c1-13(10(15)9(14)6-11)7-8-2-4-12-5-3-8/h2-5,9,14H,6-7,11H2,1H3. The third-order valence-corrected chi connectivity index (χ3v) is 2.05. The van der Waals surface area contributed by atoms with Crippen LogP contribution in [-0.2, 0) is 11.3 Å². The first kappa shape index (κ1) is 11.6. The van der Waals surface area contributed by atoms with E-state index in [-0.39, 0.29) is 12.5 Å².